The van der Waals surface area contributed by atoms with Gasteiger partial charge in [-0.2, -0.15) is 0 Å². The Bertz CT molecular complexity index is 689. The molecule has 1 atom stereocenters. The molecule has 3 heterocycles. The van der Waals surface area contributed by atoms with Gasteiger partial charge in [-0.05, 0) is 18.6 Å². The van der Waals surface area contributed by atoms with Crippen molar-refractivity contribution in [1.29, 1.82) is 0 Å². The minimum Gasteiger partial charge on any atom is -0.302 e. The van der Waals surface area contributed by atoms with Crippen molar-refractivity contribution in [2.45, 2.75) is 18.8 Å². The topological polar surface area (TPSA) is 80.5 Å². The average molecular weight is 257 g/mol. The minimum absolute atomic E-state index is 0.243. The summed E-state index contributed by atoms with van der Waals surface area (Å²) in [4.78, 5) is 37.9. The van der Waals surface area contributed by atoms with Crippen LogP contribution in [0, 0.1) is 0 Å². The maximum absolute atomic E-state index is 11.9. The summed E-state index contributed by atoms with van der Waals surface area (Å²) in [5.41, 5.74) is 1.74. The maximum Gasteiger partial charge on any atom is 0.235 e. The number of aromatic nitrogens is 2. The quantitative estimate of drug-likeness (QED) is 0.633. The normalized spacial score (nSPS) is 19.5. The van der Waals surface area contributed by atoms with E-state index in [2.05, 4.69) is 10.3 Å². The number of pyridine rings is 1. The van der Waals surface area contributed by atoms with Crippen LogP contribution in [0.15, 0.2) is 24.5 Å². The van der Waals surface area contributed by atoms with Crippen LogP contribution in [0.25, 0.3) is 5.52 Å². The standard InChI is InChI=1S/C13H11N3O3/c17-6-9-11-3-1-2-10(16(11)7-14-9)8-4-5-12(18)15-13(8)19/h1-3,6-8H,4-5H2,(H,15,18,19). The highest BCUT2D eigenvalue weighted by Crippen LogP contribution is 2.26. The molecule has 2 aromatic rings. The number of aldehydes is 1. The van der Waals surface area contributed by atoms with E-state index in [4.69, 9.17) is 0 Å². The minimum atomic E-state index is -0.393. The molecule has 1 unspecified atom stereocenters. The van der Waals surface area contributed by atoms with Crippen molar-refractivity contribution in [3.8, 4) is 0 Å². The van der Waals surface area contributed by atoms with Crippen LogP contribution in [0.1, 0.15) is 34.9 Å². The first-order valence-electron chi connectivity index (χ1n) is 5.95. The van der Waals surface area contributed by atoms with Gasteiger partial charge in [-0.25, -0.2) is 4.98 Å². The van der Waals surface area contributed by atoms with E-state index in [9.17, 15) is 14.4 Å². The molecular weight excluding hydrogens is 246 g/mol. The molecule has 96 valence electrons. The van der Waals surface area contributed by atoms with Crippen LogP contribution in [0.3, 0.4) is 0 Å². The molecule has 6 heteroatoms. The number of hydrogen-bond donors (Lipinski definition) is 1. The number of carbonyl (C=O) groups excluding carboxylic acids is 3. The van der Waals surface area contributed by atoms with Crippen molar-refractivity contribution in [3.05, 3.63) is 35.9 Å². The Morgan fingerprint density at radius 3 is 2.95 bits per heavy atom. The highest BCUT2D eigenvalue weighted by Gasteiger charge is 2.29. The van der Waals surface area contributed by atoms with E-state index >= 15 is 0 Å². The molecule has 0 aliphatic carbocycles. The fourth-order valence-corrected chi connectivity index (χ4v) is 2.41. The second-order valence-corrected chi connectivity index (χ2v) is 4.46. The smallest absolute Gasteiger partial charge is 0.235 e. The van der Waals surface area contributed by atoms with Crippen LogP contribution in [-0.4, -0.2) is 27.5 Å². The Morgan fingerprint density at radius 2 is 2.21 bits per heavy atom. The first-order valence-corrected chi connectivity index (χ1v) is 5.95. The number of rotatable bonds is 2. The Balaban J connectivity index is 2.10. The molecule has 1 aliphatic rings. The van der Waals surface area contributed by atoms with E-state index in [-0.39, 0.29) is 11.8 Å². The summed E-state index contributed by atoms with van der Waals surface area (Å²) in [5, 5.41) is 2.33. The predicted octanol–water partition coefficient (Wildman–Crippen LogP) is 0.667. The van der Waals surface area contributed by atoms with Crippen molar-refractivity contribution < 1.29 is 14.4 Å². The number of hydrogen-bond acceptors (Lipinski definition) is 4. The van der Waals surface area contributed by atoms with Gasteiger partial charge < -0.3 is 4.40 Å². The van der Waals surface area contributed by atoms with Gasteiger partial charge in [0.25, 0.3) is 0 Å². The Labute approximate surface area is 108 Å². The van der Waals surface area contributed by atoms with E-state index in [1.54, 1.807) is 16.5 Å². The summed E-state index contributed by atoms with van der Waals surface area (Å²) in [6.45, 7) is 0. The number of nitrogens with one attached hydrogen (secondary N) is 1. The zero-order chi connectivity index (χ0) is 13.4. The van der Waals surface area contributed by atoms with Gasteiger partial charge in [0.1, 0.15) is 12.0 Å². The molecule has 6 nitrogen and oxygen atoms in total. The van der Waals surface area contributed by atoms with Crippen LogP contribution in [-0.2, 0) is 9.59 Å². The number of nitrogens with zero attached hydrogens (tertiary/aromatic N) is 2. The number of imide groups is 1. The highest BCUT2D eigenvalue weighted by molar-refractivity contribution is 6.00. The van der Waals surface area contributed by atoms with E-state index in [1.807, 2.05) is 6.07 Å². The average Bonchev–Trinajstić information content (AvgIpc) is 2.82. The molecule has 1 saturated heterocycles. The monoisotopic (exact) mass is 257 g/mol. The summed E-state index contributed by atoms with van der Waals surface area (Å²) in [7, 11) is 0. The molecule has 0 saturated carbocycles. The van der Waals surface area contributed by atoms with Gasteiger partial charge in [0.2, 0.25) is 11.8 Å². The molecule has 0 radical (unpaired) electrons. The van der Waals surface area contributed by atoms with Gasteiger partial charge in [-0.15, -0.1) is 0 Å². The Kier molecular flexibility index (Phi) is 2.63. The maximum atomic E-state index is 11.9. The van der Waals surface area contributed by atoms with Crippen molar-refractivity contribution >= 4 is 23.6 Å². The third-order valence-electron chi connectivity index (χ3n) is 3.34. The molecule has 0 aromatic carbocycles. The van der Waals surface area contributed by atoms with Crippen molar-refractivity contribution in [2.24, 2.45) is 0 Å². The van der Waals surface area contributed by atoms with Crippen molar-refractivity contribution in [1.82, 2.24) is 14.7 Å². The van der Waals surface area contributed by atoms with E-state index in [0.717, 1.165) is 5.69 Å². The number of fused-ring (bicyclic) bond motifs is 1. The summed E-state index contributed by atoms with van der Waals surface area (Å²) >= 11 is 0. The lowest BCUT2D eigenvalue weighted by molar-refractivity contribution is -0.134. The summed E-state index contributed by atoms with van der Waals surface area (Å²) in [6, 6.07) is 5.36. The molecule has 1 fully saturated rings. The lowest BCUT2D eigenvalue weighted by atomic mass is 9.94. The molecule has 19 heavy (non-hydrogen) atoms. The zero-order valence-corrected chi connectivity index (χ0v) is 10.00. The number of carbonyl (C=O) groups is 3. The zero-order valence-electron chi connectivity index (χ0n) is 10.00. The van der Waals surface area contributed by atoms with E-state index in [1.165, 1.54) is 6.33 Å². The third-order valence-corrected chi connectivity index (χ3v) is 3.34. The molecule has 2 amide bonds. The number of amides is 2. The second kappa shape index (κ2) is 4.31. The molecule has 1 N–H and O–H groups in total. The van der Waals surface area contributed by atoms with Gasteiger partial charge >= 0.3 is 0 Å². The summed E-state index contributed by atoms with van der Waals surface area (Å²) in [6.07, 6.45) is 3.00. The Hall–Kier alpha value is -2.50. The highest BCUT2D eigenvalue weighted by atomic mass is 16.2. The fourth-order valence-electron chi connectivity index (χ4n) is 2.41. The molecule has 0 spiro atoms. The molecule has 3 rings (SSSR count). The lowest BCUT2D eigenvalue weighted by Gasteiger charge is -2.21. The first-order chi connectivity index (χ1) is 9.20. The first kappa shape index (κ1) is 11.6. The summed E-state index contributed by atoms with van der Waals surface area (Å²) in [5.74, 6) is -0.937. The number of imidazole rings is 1. The van der Waals surface area contributed by atoms with Gasteiger partial charge in [-0.3, -0.25) is 19.7 Å². The fraction of sp³-hybridized carbons (Fsp3) is 0.231. The second-order valence-electron chi connectivity index (χ2n) is 4.46. The number of piperidine rings is 1. The van der Waals surface area contributed by atoms with Crippen molar-refractivity contribution in [3.63, 3.8) is 0 Å². The third kappa shape index (κ3) is 1.81. The van der Waals surface area contributed by atoms with Crippen LogP contribution in [0.4, 0.5) is 0 Å². The largest absolute Gasteiger partial charge is 0.302 e. The van der Waals surface area contributed by atoms with Crippen LogP contribution >= 0.6 is 0 Å². The molecule has 0 bridgehead atoms. The molecule has 1 aliphatic heterocycles. The van der Waals surface area contributed by atoms with Gasteiger partial charge in [-0.1, -0.05) is 6.07 Å². The van der Waals surface area contributed by atoms with E-state index < -0.39 is 5.92 Å². The van der Waals surface area contributed by atoms with Gasteiger partial charge in [0.05, 0.1) is 11.4 Å². The van der Waals surface area contributed by atoms with Gasteiger partial charge in [0, 0.05) is 12.1 Å². The lowest BCUT2D eigenvalue weighted by Crippen LogP contribution is -2.40. The summed E-state index contributed by atoms with van der Waals surface area (Å²) < 4.78 is 1.73. The SMILES string of the molecule is O=Cc1ncn2c(C3CCC(=O)NC3=O)cccc12. The molecule has 2 aromatic heterocycles. The van der Waals surface area contributed by atoms with Crippen LogP contribution < -0.4 is 5.32 Å². The molecular formula is C13H11N3O3. The van der Waals surface area contributed by atoms with Crippen LogP contribution in [0.2, 0.25) is 0 Å². The van der Waals surface area contributed by atoms with Gasteiger partial charge in [0.15, 0.2) is 6.29 Å². The van der Waals surface area contributed by atoms with Crippen LogP contribution in [0.5, 0.6) is 0 Å². The Morgan fingerprint density at radius 1 is 1.37 bits per heavy atom. The predicted molar refractivity (Wildman–Crippen MR) is 65.7 cm³/mol. The van der Waals surface area contributed by atoms with E-state index in [0.29, 0.717) is 30.3 Å². The van der Waals surface area contributed by atoms with Crippen molar-refractivity contribution in [2.75, 3.05) is 0 Å².